The smallest absolute Gasteiger partial charge is 0.273 e. The summed E-state index contributed by atoms with van der Waals surface area (Å²) in [6, 6.07) is 24.1. The molecule has 0 aliphatic heterocycles. The van der Waals surface area contributed by atoms with Crippen LogP contribution in [0.5, 0.6) is 0 Å². The van der Waals surface area contributed by atoms with Crippen LogP contribution in [-0.2, 0) is 4.79 Å². The lowest BCUT2D eigenvalue weighted by Crippen LogP contribution is -2.25. The summed E-state index contributed by atoms with van der Waals surface area (Å²) in [7, 11) is 0. The summed E-state index contributed by atoms with van der Waals surface area (Å²) < 4.78 is 1.37. The number of carbonyl (C=O) groups excluding carboxylic acids is 1. The van der Waals surface area contributed by atoms with Crippen LogP contribution in [0, 0.1) is 18.3 Å². The number of nitrogens with one attached hydrogen (secondary N) is 2. The van der Waals surface area contributed by atoms with E-state index < -0.39 is 5.25 Å². The Morgan fingerprint density at radius 2 is 1.88 bits per heavy atom. The molecule has 4 rings (SSSR count). The number of benzene rings is 2. The topological polar surface area (TPSA) is 104 Å². The van der Waals surface area contributed by atoms with Crippen LogP contribution >= 0.6 is 11.8 Å². The van der Waals surface area contributed by atoms with E-state index in [4.69, 9.17) is 0 Å². The van der Waals surface area contributed by atoms with E-state index in [2.05, 4.69) is 21.5 Å². The van der Waals surface area contributed by atoms with E-state index >= 15 is 0 Å². The molecule has 0 spiro atoms. The molecule has 1 amide bonds. The second kappa shape index (κ2) is 10.2. The number of nitriles is 1. The number of rotatable bonds is 7. The molecule has 34 heavy (non-hydrogen) atoms. The van der Waals surface area contributed by atoms with Crippen molar-refractivity contribution in [1.82, 2.24) is 14.8 Å². The summed E-state index contributed by atoms with van der Waals surface area (Å²) in [5, 5.41) is 15.3. The van der Waals surface area contributed by atoms with E-state index in [1.165, 1.54) is 22.5 Å². The Hall–Kier alpha value is -4.09. The largest absolute Gasteiger partial charge is 0.310 e. The fraction of sp³-hybridized carbons (Fsp3) is 0.154. The Morgan fingerprint density at radius 1 is 1.15 bits per heavy atom. The highest BCUT2D eigenvalue weighted by Gasteiger charge is 2.22. The fourth-order valence-electron chi connectivity index (χ4n) is 3.40. The zero-order valence-corrected chi connectivity index (χ0v) is 19.6. The first-order chi connectivity index (χ1) is 16.5. The lowest BCUT2D eigenvalue weighted by Gasteiger charge is -2.15. The lowest BCUT2D eigenvalue weighted by molar-refractivity contribution is -0.115. The summed E-state index contributed by atoms with van der Waals surface area (Å²) in [4.78, 5) is 30.1. The van der Waals surface area contributed by atoms with Crippen molar-refractivity contribution in [2.45, 2.75) is 30.5 Å². The number of hydrogen-bond acceptors (Lipinski definition) is 5. The highest BCUT2D eigenvalue weighted by atomic mass is 32.2. The molecule has 4 aromatic rings. The molecular formula is C26H23N5O2S. The molecule has 0 fully saturated rings. The molecule has 2 aromatic carbocycles. The van der Waals surface area contributed by atoms with Crippen molar-refractivity contribution in [3.63, 3.8) is 0 Å². The molecule has 8 heteroatoms. The number of aromatic nitrogens is 3. The monoisotopic (exact) mass is 469 g/mol. The maximum absolute atomic E-state index is 13.0. The Balaban J connectivity index is 1.55. The second-order valence-corrected chi connectivity index (χ2v) is 8.90. The van der Waals surface area contributed by atoms with E-state index in [-0.39, 0.29) is 11.5 Å². The highest BCUT2D eigenvalue weighted by Crippen LogP contribution is 2.30. The Bertz CT molecular complexity index is 1400. The van der Waals surface area contributed by atoms with Crippen LogP contribution in [0.1, 0.15) is 24.5 Å². The van der Waals surface area contributed by atoms with Gasteiger partial charge in [0.05, 0.1) is 22.2 Å². The van der Waals surface area contributed by atoms with E-state index in [1.807, 2.05) is 62.4 Å². The molecule has 2 N–H and O–H groups in total. The molecule has 0 saturated heterocycles. The van der Waals surface area contributed by atoms with Crippen molar-refractivity contribution in [2.75, 3.05) is 5.32 Å². The van der Waals surface area contributed by atoms with Crippen LogP contribution < -0.4 is 10.9 Å². The molecule has 1 unspecified atom stereocenters. The van der Waals surface area contributed by atoms with Gasteiger partial charge in [-0.1, -0.05) is 66.7 Å². The fourth-order valence-corrected chi connectivity index (χ4v) is 4.39. The quantitative estimate of drug-likeness (QED) is 0.374. The number of nitrogens with zero attached hydrogens (tertiary/aromatic N) is 3. The van der Waals surface area contributed by atoms with Gasteiger partial charge >= 0.3 is 0 Å². The number of aromatic amines is 1. The summed E-state index contributed by atoms with van der Waals surface area (Å²) in [5.74, 6) is 0.0279. The molecule has 7 nitrogen and oxygen atoms in total. The van der Waals surface area contributed by atoms with Crippen molar-refractivity contribution in [2.24, 2.45) is 0 Å². The number of hydrogen-bond donors (Lipinski definition) is 2. The summed E-state index contributed by atoms with van der Waals surface area (Å²) in [5.41, 5.74) is 3.63. The normalized spacial score (nSPS) is 11.6. The maximum Gasteiger partial charge on any atom is 0.273 e. The van der Waals surface area contributed by atoms with Crippen molar-refractivity contribution in [3.05, 3.63) is 94.3 Å². The standard InChI is InChI=1S/C26H23N5O2S/c1-3-22(25(33)29-23-15-24(32)31(30-23)20-7-5-4-6-8-20)34-26-19(16-27)13-14-21(28-26)18-11-9-17(2)10-12-18/h4-15,22,30H,3H2,1-2H3,(H,29,33). The summed E-state index contributed by atoms with van der Waals surface area (Å²) >= 11 is 1.24. The first-order valence-corrected chi connectivity index (χ1v) is 11.7. The molecule has 0 aliphatic rings. The highest BCUT2D eigenvalue weighted by molar-refractivity contribution is 8.00. The Labute approximate surface area is 201 Å². The number of aryl methyl sites for hydroxylation is 1. The van der Waals surface area contributed by atoms with E-state index in [0.717, 1.165) is 16.8 Å². The average Bonchev–Trinajstić information content (AvgIpc) is 3.23. The Kier molecular flexibility index (Phi) is 6.95. The van der Waals surface area contributed by atoms with Crippen LogP contribution in [0.3, 0.4) is 0 Å². The molecule has 0 saturated carbocycles. The first-order valence-electron chi connectivity index (χ1n) is 10.8. The van der Waals surface area contributed by atoms with Gasteiger partial charge in [-0.05, 0) is 37.6 Å². The van der Waals surface area contributed by atoms with Crippen LogP contribution in [0.25, 0.3) is 16.9 Å². The SMILES string of the molecule is CCC(Sc1nc(-c2ccc(C)cc2)ccc1C#N)C(=O)Nc1cc(=O)n(-c2ccccc2)[nH]1. The molecule has 1 atom stereocenters. The van der Waals surface area contributed by atoms with E-state index in [9.17, 15) is 14.9 Å². The second-order valence-electron chi connectivity index (χ2n) is 7.71. The number of amides is 1. The van der Waals surface area contributed by atoms with Gasteiger partial charge in [-0.15, -0.1) is 0 Å². The van der Waals surface area contributed by atoms with Crippen molar-refractivity contribution in [3.8, 4) is 23.0 Å². The molecule has 2 aromatic heterocycles. The number of carbonyl (C=O) groups is 1. The number of anilines is 1. The number of H-pyrrole nitrogens is 1. The van der Waals surface area contributed by atoms with Crippen LogP contribution in [-0.4, -0.2) is 25.9 Å². The minimum Gasteiger partial charge on any atom is -0.310 e. The first kappa shape index (κ1) is 23.1. The van der Waals surface area contributed by atoms with Crippen LogP contribution in [0.4, 0.5) is 5.82 Å². The zero-order chi connectivity index (χ0) is 24.1. The average molecular weight is 470 g/mol. The summed E-state index contributed by atoms with van der Waals surface area (Å²) in [6.45, 7) is 3.91. The van der Waals surface area contributed by atoms with Gasteiger partial charge in [-0.2, -0.15) is 5.26 Å². The van der Waals surface area contributed by atoms with Crippen molar-refractivity contribution >= 4 is 23.5 Å². The van der Waals surface area contributed by atoms with Gasteiger partial charge in [0.25, 0.3) is 5.56 Å². The van der Waals surface area contributed by atoms with Crippen LogP contribution in [0.2, 0.25) is 0 Å². The van der Waals surface area contributed by atoms with Crippen LogP contribution in [0.15, 0.2) is 82.6 Å². The molecule has 170 valence electrons. The number of para-hydroxylation sites is 1. The number of pyridine rings is 1. The molecular weight excluding hydrogens is 446 g/mol. The third kappa shape index (κ3) is 5.11. The van der Waals surface area contributed by atoms with E-state index in [1.54, 1.807) is 18.2 Å². The predicted molar refractivity (Wildman–Crippen MR) is 134 cm³/mol. The van der Waals surface area contributed by atoms with Gasteiger partial charge in [0.2, 0.25) is 5.91 Å². The van der Waals surface area contributed by atoms with Gasteiger partial charge in [0.1, 0.15) is 16.9 Å². The van der Waals surface area contributed by atoms with Crippen molar-refractivity contribution < 1.29 is 4.79 Å². The molecule has 2 heterocycles. The van der Waals surface area contributed by atoms with Gasteiger partial charge in [0.15, 0.2) is 0 Å². The van der Waals surface area contributed by atoms with Crippen molar-refractivity contribution in [1.29, 1.82) is 5.26 Å². The van der Waals surface area contributed by atoms with Gasteiger partial charge in [-0.25, -0.2) is 9.67 Å². The third-order valence-corrected chi connectivity index (χ3v) is 6.60. The number of thioether (sulfide) groups is 1. The zero-order valence-electron chi connectivity index (χ0n) is 18.8. The third-order valence-electron chi connectivity index (χ3n) is 5.24. The molecule has 0 aliphatic carbocycles. The van der Waals surface area contributed by atoms with Gasteiger partial charge < -0.3 is 5.32 Å². The summed E-state index contributed by atoms with van der Waals surface area (Å²) in [6.07, 6.45) is 0.515. The predicted octanol–water partition coefficient (Wildman–Crippen LogP) is 4.92. The molecule has 0 radical (unpaired) electrons. The Morgan fingerprint density at radius 3 is 2.56 bits per heavy atom. The van der Waals surface area contributed by atoms with Gasteiger partial charge in [-0.3, -0.25) is 14.7 Å². The minimum atomic E-state index is -0.503. The maximum atomic E-state index is 13.0. The minimum absolute atomic E-state index is 0.276. The van der Waals surface area contributed by atoms with Gasteiger partial charge in [0, 0.05) is 11.6 Å². The van der Waals surface area contributed by atoms with E-state index in [0.29, 0.717) is 28.5 Å². The molecule has 0 bridgehead atoms. The lowest BCUT2D eigenvalue weighted by atomic mass is 10.1.